The van der Waals surface area contributed by atoms with Gasteiger partial charge in [0.1, 0.15) is 6.10 Å². The van der Waals surface area contributed by atoms with Gasteiger partial charge in [-0.05, 0) is 63.4 Å². The van der Waals surface area contributed by atoms with Gasteiger partial charge < -0.3 is 24.1 Å². The molecule has 3 aliphatic carbocycles. The van der Waals surface area contributed by atoms with Crippen LogP contribution >= 0.6 is 0 Å². The third-order valence-electron chi connectivity index (χ3n) is 12.0. The van der Waals surface area contributed by atoms with Crippen molar-refractivity contribution in [3.63, 3.8) is 0 Å². The summed E-state index contributed by atoms with van der Waals surface area (Å²) in [5, 5.41) is 12.4. The number of allylic oxidation sites excluding steroid dienone is 4. The van der Waals surface area contributed by atoms with E-state index in [-0.39, 0.29) is 24.6 Å². The first kappa shape index (κ1) is 22.6. The molecule has 11 atom stereocenters. The number of hydrogen-bond donors (Lipinski definition) is 1. The smallest absolute Gasteiger partial charge is 0.342 e. The highest BCUT2D eigenvalue weighted by molar-refractivity contribution is 6.01. The monoisotopic (exact) mass is 510 g/mol. The van der Waals surface area contributed by atoms with E-state index in [2.05, 4.69) is 0 Å². The Labute approximate surface area is 213 Å². The van der Waals surface area contributed by atoms with Gasteiger partial charge in [-0.1, -0.05) is 24.6 Å². The van der Waals surface area contributed by atoms with Crippen molar-refractivity contribution in [3.05, 3.63) is 23.8 Å². The number of ether oxygens (including phenoxy) is 4. The van der Waals surface area contributed by atoms with Crippen LogP contribution in [0, 0.1) is 34.5 Å². The molecular weight excluding hydrogens is 480 g/mol. The van der Waals surface area contributed by atoms with Crippen molar-refractivity contribution in [2.45, 2.75) is 81.6 Å². The fraction of sp³-hybridized carbons (Fsp3) is 0.714. The quantitative estimate of drug-likeness (QED) is 0.382. The first-order valence-corrected chi connectivity index (χ1v) is 13.4. The normalized spacial score (nSPS) is 58.5. The predicted octanol–water partition coefficient (Wildman–Crippen LogP) is 1.56. The van der Waals surface area contributed by atoms with Gasteiger partial charge in [0.05, 0.1) is 23.9 Å². The van der Waals surface area contributed by atoms with E-state index < -0.39 is 75.1 Å². The molecular formula is C28H30O9. The Bertz CT molecular complexity index is 1300. The minimum atomic E-state index is -2.17. The summed E-state index contributed by atoms with van der Waals surface area (Å²) in [5.41, 5.74) is -6.43. The summed E-state index contributed by atoms with van der Waals surface area (Å²) in [6, 6.07) is 0. The number of aliphatic hydroxyl groups is 1. The first-order chi connectivity index (χ1) is 17.4. The highest BCUT2D eigenvalue weighted by atomic mass is 16.8. The minimum Gasteiger partial charge on any atom is -0.458 e. The Kier molecular flexibility index (Phi) is 3.73. The number of esters is 2. The zero-order chi connectivity index (χ0) is 26.0. The second kappa shape index (κ2) is 6.10. The highest BCUT2D eigenvalue weighted by Crippen LogP contribution is 2.75. The van der Waals surface area contributed by atoms with Crippen LogP contribution in [0.1, 0.15) is 52.9 Å². The Morgan fingerprint density at radius 2 is 1.86 bits per heavy atom. The molecule has 196 valence electrons. The molecule has 6 fully saturated rings. The van der Waals surface area contributed by atoms with Crippen LogP contribution in [0.15, 0.2) is 23.8 Å². The SMILES string of the molecule is C[C@]12C(=O)C=CCC1=CC[C@@H]1[C@@H]2CC[C@@]2(O)C(=O)O[C@@]3(C)[C@H]4C[C@]5(C)[C@H](CO[C@]16O[C@]23[C@H]5C6=O)C(=O)O4. The van der Waals surface area contributed by atoms with Crippen LogP contribution in [0.2, 0.25) is 0 Å². The number of carbonyl (C=O) groups excluding carboxylic acids is 4. The molecule has 0 amide bonds. The van der Waals surface area contributed by atoms with E-state index >= 15 is 0 Å². The number of hydrogen-bond acceptors (Lipinski definition) is 9. The molecule has 0 radical (unpaired) electrons. The third-order valence-corrected chi connectivity index (χ3v) is 12.0. The van der Waals surface area contributed by atoms with Crippen molar-refractivity contribution in [1.29, 1.82) is 0 Å². The van der Waals surface area contributed by atoms with Gasteiger partial charge in [-0.3, -0.25) is 14.4 Å². The van der Waals surface area contributed by atoms with Crippen molar-refractivity contribution < 1.29 is 43.2 Å². The molecule has 8 rings (SSSR count). The van der Waals surface area contributed by atoms with Crippen molar-refractivity contribution in [3.8, 4) is 0 Å². The number of rotatable bonds is 0. The lowest BCUT2D eigenvalue weighted by Crippen LogP contribution is -2.79. The van der Waals surface area contributed by atoms with Gasteiger partial charge in [0.25, 0.3) is 0 Å². The molecule has 1 N–H and O–H groups in total. The Hall–Kier alpha value is -2.36. The number of fused-ring (bicyclic) bond motifs is 5. The summed E-state index contributed by atoms with van der Waals surface area (Å²) < 4.78 is 25.1. The van der Waals surface area contributed by atoms with E-state index in [0.717, 1.165) is 5.57 Å². The molecule has 2 spiro atoms. The number of ketones is 2. The van der Waals surface area contributed by atoms with Crippen LogP contribution in [-0.2, 0) is 38.1 Å². The molecule has 37 heavy (non-hydrogen) atoms. The maximum Gasteiger partial charge on any atom is 0.342 e. The van der Waals surface area contributed by atoms with Crippen LogP contribution < -0.4 is 0 Å². The van der Waals surface area contributed by atoms with E-state index in [1.165, 1.54) is 0 Å². The lowest BCUT2D eigenvalue weighted by atomic mass is 9.46. The van der Waals surface area contributed by atoms with Crippen molar-refractivity contribution in [2.24, 2.45) is 34.5 Å². The van der Waals surface area contributed by atoms with Gasteiger partial charge in [-0.25, -0.2) is 4.79 Å². The largest absolute Gasteiger partial charge is 0.458 e. The summed E-state index contributed by atoms with van der Waals surface area (Å²) in [4.78, 5) is 55.2. The van der Waals surface area contributed by atoms with Crippen LogP contribution in [0.25, 0.3) is 0 Å². The summed E-state index contributed by atoms with van der Waals surface area (Å²) in [7, 11) is 0. The van der Waals surface area contributed by atoms with Gasteiger partial charge in [-0.2, -0.15) is 0 Å². The molecule has 5 heterocycles. The van der Waals surface area contributed by atoms with Gasteiger partial charge >= 0.3 is 11.9 Å². The first-order valence-electron chi connectivity index (χ1n) is 13.4. The second-order valence-electron chi connectivity index (χ2n) is 13.0. The summed E-state index contributed by atoms with van der Waals surface area (Å²) in [6.45, 7) is 5.29. The molecule has 0 aromatic rings. The second-order valence-corrected chi connectivity index (χ2v) is 13.0. The van der Waals surface area contributed by atoms with Crippen LogP contribution in [0.3, 0.4) is 0 Å². The van der Waals surface area contributed by atoms with E-state index in [9.17, 15) is 24.3 Å². The molecule has 5 aliphatic heterocycles. The Balaban J connectivity index is 1.43. The molecule has 5 bridgehead atoms. The van der Waals surface area contributed by atoms with Gasteiger partial charge in [0.15, 0.2) is 28.4 Å². The minimum absolute atomic E-state index is 0.0380. The molecule has 5 saturated heterocycles. The van der Waals surface area contributed by atoms with Gasteiger partial charge in [0.2, 0.25) is 5.79 Å². The van der Waals surface area contributed by atoms with Crippen molar-refractivity contribution in [1.82, 2.24) is 0 Å². The molecule has 9 nitrogen and oxygen atoms in total. The van der Waals surface area contributed by atoms with Crippen LogP contribution in [0.5, 0.6) is 0 Å². The molecule has 0 aromatic heterocycles. The fourth-order valence-corrected chi connectivity index (χ4v) is 10.0. The Morgan fingerprint density at radius 3 is 2.65 bits per heavy atom. The maximum atomic E-state index is 14.8. The number of Topliss-reactive ketones (excluding diaryl/α,β-unsaturated/α-hetero) is 1. The Morgan fingerprint density at radius 1 is 1.08 bits per heavy atom. The summed E-state index contributed by atoms with van der Waals surface area (Å²) >= 11 is 0. The zero-order valence-electron chi connectivity index (χ0n) is 21.1. The van der Waals surface area contributed by atoms with Gasteiger partial charge in [-0.15, -0.1) is 0 Å². The zero-order valence-corrected chi connectivity index (χ0v) is 21.1. The van der Waals surface area contributed by atoms with Gasteiger partial charge in [0, 0.05) is 5.92 Å². The van der Waals surface area contributed by atoms with Crippen LogP contribution in [0.4, 0.5) is 0 Å². The predicted molar refractivity (Wildman–Crippen MR) is 122 cm³/mol. The molecule has 8 aliphatic rings. The lowest BCUT2D eigenvalue weighted by molar-refractivity contribution is -0.374. The average molecular weight is 511 g/mol. The standard InChI is InChI=1S/C28H30O9/c1-23-11-18-25(3)28-19(23)20(30)27(37-28,34-12-16(23)21(31)35-18)15-8-7-13-5-4-6-17(29)24(13,2)14(15)9-10-26(28,33)22(32)36-25/h4,6-7,14-16,18-19,33H,5,8-12H2,1-3H3/t14-,15+,16+,18+,19-,23+,24-,25-,26+,27-,28-/m0/s1. The molecule has 0 aromatic carbocycles. The van der Waals surface area contributed by atoms with E-state index in [0.29, 0.717) is 25.7 Å². The maximum absolute atomic E-state index is 14.8. The molecule has 1 saturated carbocycles. The van der Waals surface area contributed by atoms with Crippen molar-refractivity contribution in [2.75, 3.05) is 6.61 Å². The summed E-state index contributed by atoms with van der Waals surface area (Å²) in [5.74, 6) is -6.36. The summed E-state index contributed by atoms with van der Waals surface area (Å²) in [6.07, 6.45) is 6.24. The highest BCUT2D eigenvalue weighted by Gasteiger charge is 2.93. The third kappa shape index (κ3) is 1.97. The van der Waals surface area contributed by atoms with E-state index in [1.807, 2.05) is 26.0 Å². The fourth-order valence-electron chi connectivity index (χ4n) is 10.0. The van der Waals surface area contributed by atoms with E-state index in [1.54, 1.807) is 13.0 Å². The van der Waals surface area contributed by atoms with Crippen LogP contribution in [-0.4, -0.2) is 63.9 Å². The topological polar surface area (TPSA) is 125 Å². The lowest BCUT2D eigenvalue weighted by Gasteiger charge is -2.63. The van der Waals surface area contributed by atoms with Crippen molar-refractivity contribution >= 4 is 23.5 Å². The molecule has 0 unspecified atom stereocenters. The number of carbonyl (C=O) groups is 4. The average Bonchev–Trinajstić information content (AvgIpc) is 3.16. The van der Waals surface area contributed by atoms with E-state index in [4.69, 9.17) is 18.9 Å². The molecule has 9 heteroatoms.